The number of hydrogen-bond donors (Lipinski definition) is 1. The molecule has 0 bridgehead atoms. The second-order valence-corrected chi connectivity index (χ2v) is 12.1. The van der Waals surface area contributed by atoms with Crippen LogP contribution in [0.25, 0.3) is 0 Å². The molecule has 0 aliphatic rings. The number of nitrogens with zero attached hydrogens (tertiary/aromatic N) is 1. The minimum Gasteiger partial charge on any atom is -0.279 e. The third kappa shape index (κ3) is 18.6. The molecule has 4 nitrogen and oxygen atoms in total. The van der Waals surface area contributed by atoms with E-state index in [-0.39, 0.29) is 4.25 Å². The smallest absolute Gasteiger partial charge is 0.279 e. The number of allylic oxidation sites excluding steroid dienone is 2. The van der Waals surface area contributed by atoms with Gasteiger partial charge in [0, 0.05) is 0 Å². The summed E-state index contributed by atoms with van der Waals surface area (Å²) in [5.41, 5.74) is 0. The number of quaternary nitrogens is 1. The van der Waals surface area contributed by atoms with E-state index in [0.29, 0.717) is 6.61 Å². The molecule has 0 spiro atoms. The second kappa shape index (κ2) is 19.5. The van der Waals surface area contributed by atoms with Gasteiger partial charge in [-0.05, 0) is 32.1 Å². The van der Waals surface area contributed by atoms with Gasteiger partial charge >= 0.3 is 7.75 Å². The first-order valence-corrected chi connectivity index (χ1v) is 14.3. The first-order chi connectivity index (χ1) is 14.3. The van der Waals surface area contributed by atoms with Gasteiger partial charge in [-0.25, -0.2) is 8.82 Å². The Morgan fingerprint density at radius 2 is 1.03 bits per heavy atom. The van der Waals surface area contributed by atoms with Crippen LogP contribution in [0.5, 0.6) is 0 Å². The van der Waals surface area contributed by atoms with Crippen molar-refractivity contribution < 1.29 is 18.2 Å². The molecule has 180 valence electrons. The molecule has 1 unspecified atom stereocenters. The van der Waals surface area contributed by atoms with Crippen molar-refractivity contribution in [2.75, 3.05) is 27.7 Å². The Bertz CT molecular complexity index is 446. The van der Waals surface area contributed by atoms with Gasteiger partial charge in [0.15, 0.2) is 0 Å². The average Bonchev–Trinajstić information content (AvgIpc) is 2.68. The Morgan fingerprint density at radius 3 is 1.43 bits per heavy atom. The van der Waals surface area contributed by atoms with Gasteiger partial charge < -0.3 is 0 Å². The first-order valence-electron chi connectivity index (χ1n) is 12.8. The van der Waals surface area contributed by atoms with Crippen LogP contribution < -0.4 is 0 Å². The molecule has 0 aromatic rings. The molecule has 0 amide bonds. The van der Waals surface area contributed by atoms with Gasteiger partial charge in [0.2, 0.25) is 0 Å². The summed E-state index contributed by atoms with van der Waals surface area (Å²) >= 11 is 0. The molecule has 0 fully saturated rings. The van der Waals surface area contributed by atoms with Crippen LogP contribution in [-0.2, 0) is 9.09 Å². The third-order valence-corrected chi connectivity index (χ3v) is 7.71. The topological polar surface area (TPSA) is 46.5 Å². The van der Waals surface area contributed by atoms with Gasteiger partial charge in [-0.2, -0.15) is 0 Å². The van der Waals surface area contributed by atoms with E-state index in [9.17, 15) is 9.46 Å². The summed E-state index contributed by atoms with van der Waals surface area (Å²) in [6.07, 6.45) is 28.2. The number of rotatable bonds is 22. The Hall–Kier alpha value is -0.150. The second-order valence-electron chi connectivity index (χ2n) is 9.62. The highest BCUT2D eigenvalue weighted by molar-refractivity contribution is 7.46. The Balaban J connectivity index is 3.25. The lowest BCUT2D eigenvalue weighted by Crippen LogP contribution is -2.31. The van der Waals surface area contributed by atoms with Crippen LogP contribution in [0.15, 0.2) is 12.2 Å². The fourth-order valence-electron chi connectivity index (χ4n) is 3.41. The minimum absolute atomic E-state index is 0.0392. The fourth-order valence-corrected chi connectivity index (χ4v) is 4.13. The highest BCUT2D eigenvalue weighted by Gasteiger charge is 2.37. The lowest BCUT2D eigenvalue weighted by Gasteiger charge is -2.27. The van der Waals surface area contributed by atoms with Gasteiger partial charge in [0.25, 0.3) is 0 Å². The van der Waals surface area contributed by atoms with Crippen molar-refractivity contribution in [3.8, 4) is 0 Å². The minimum atomic E-state index is -3.54. The maximum Gasteiger partial charge on any atom is 0.528 e. The zero-order valence-electron chi connectivity index (χ0n) is 20.7. The highest BCUT2D eigenvalue weighted by atomic mass is 31.2. The predicted octanol–water partition coefficient (Wildman–Crippen LogP) is 8.41. The van der Waals surface area contributed by atoms with Crippen molar-refractivity contribution in [2.24, 2.45) is 0 Å². The van der Waals surface area contributed by atoms with E-state index in [0.717, 1.165) is 12.8 Å². The SMILES string of the molecule is CCCCCCCCC=CCCCCCCCCCCCCOP(=O)(O)[N+](C)(C)C. The quantitative estimate of drug-likeness (QED) is 0.103. The lowest BCUT2D eigenvalue weighted by molar-refractivity contribution is -0.758. The van der Waals surface area contributed by atoms with Crippen LogP contribution in [0.2, 0.25) is 0 Å². The van der Waals surface area contributed by atoms with Crippen molar-refractivity contribution in [2.45, 2.75) is 122 Å². The standard InChI is InChI=1S/C25H52NO3P/c1-5-6-7-8-9-10-11-12-13-14-15-16-17-18-19-20-21-22-23-24-25-29-30(27,28)26(2,3)4/h12-13H,5-11,14-25H2,1-4H3/p+1. The van der Waals surface area contributed by atoms with E-state index >= 15 is 0 Å². The van der Waals surface area contributed by atoms with Crippen molar-refractivity contribution in [3.63, 3.8) is 0 Å². The van der Waals surface area contributed by atoms with E-state index in [1.54, 1.807) is 21.1 Å². The highest BCUT2D eigenvalue weighted by Crippen LogP contribution is 2.49. The molecule has 1 N–H and O–H groups in total. The Kier molecular flexibility index (Phi) is 19.4. The van der Waals surface area contributed by atoms with Gasteiger partial charge in [0.1, 0.15) is 0 Å². The molecule has 0 heterocycles. The zero-order chi connectivity index (χ0) is 22.6. The molecule has 0 radical (unpaired) electrons. The summed E-state index contributed by atoms with van der Waals surface area (Å²) in [5.74, 6) is 0. The summed E-state index contributed by atoms with van der Waals surface area (Å²) in [4.78, 5) is 9.81. The monoisotopic (exact) mass is 446 g/mol. The summed E-state index contributed by atoms with van der Waals surface area (Å²) < 4.78 is 17.1. The molecule has 0 aromatic carbocycles. The Morgan fingerprint density at radius 1 is 0.667 bits per heavy atom. The van der Waals surface area contributed by atoms with Gasteiger partial charge in [-0.1, -0.05) is 103 Å². The number of hydrogen-bond acceptors (Lipinski definition) is 2. The van der Waals surface area contributed by atoms with Crippen molar-refractivity contribution >= 4 is 7.75 Å². The number of unbranched alkanes of at least 4 members (excludes halogenated alkanes) is 16. The van der Waals surface area contributed by atoms with Crippen LogP contribution in [0.3, 0.4) is 0 Å². The van der Waals surface area contributed by atoms with E-state index in [4.69, 9.17) is 4.52 Å². The average molecular weight is 447 g/mol. The van der Waals surface area contributed by atoms with Crippen LogP contribution in [0, 0.1) is 0 Å². The zero-order valence-corrected chi connectivity index (χ0v) is 21.6. The van der Waals surface area contributed by atoms with Gasteiger partial charge in [0.05, 0.1) is 27.7 Å². The maximum atomic E-state index is 11.9. The maximum absolute atomic E-state index is 11.9. The normalized spacial score (nSPS) is 14.4. The molecule has 1 atom stereocenters. The molecule has 0 saturated heterocycles. The van der Waals surface area contributed by atoms with Crippen molar-refractivity contribution in [1.82, 2.24) is 0 Å². The molecule has 0 aliphatic heterocycles. The Labute approximate surface area is 188 Å². The fraction of sp³-hybridized carbons (Fsp3) is 0.920. The summed E-state index contributed by atoms with van der Waals surface area (Å²) in [6.45, 7) is 2.66. The van der Waals surface area contributed by atoms with E-state index < -0.39 is 7.75 Å². The molecular formula is C25H53NO3P+. The van der Waals surface area contributed by atoms with Crippen LogP contribution >= 0.6 is 7.75 Å². The van der Waals surface area contributed by atoms with Crippen molar-refractivity contribution in [1.29, 1.82) is 0 Å². The van der Waals surface area contributed by atoms with E-state index in [1.165, 1.54) is 103 Å². The van der Waals surface area contributed by atoms with Crippen molar-refractivity contribution in [3.05, 3.63) is 12.2 Å². The summed E-state index contributed by atoms with van der Waals surface area (Å²) in [5, 5.41) is 0. The predicted molar refractivity (Wildman–Crippen MR) is 132 cm³/mol. The molecule has 30 heavy (non-hydrogen) atoms. The molecule has 0 rings (SSSR count). The first kappa shape index (κ1) is 29.9. The van der Waals surface area contributed by atoms with Crippen LogP contribution in [0.1, 0.15) is 122 Å². The molecule has 0 saturated carbocycles. The van der Waals surface area contributed by atoms with Crippen LogP contribution in [-0.4, -0.2) is 36.9 Å². The molecule has 0 aliphatic carbocycles. The van der Waals surface area contributed by atoms with Gasteiger partial charge in [-0.15, -0.1) is 0 Å². The third-order valence-electron chi connectivity index (χ3n) is 5.67. The summed E-state index contributed by atoms with van der Waals surface area (Å²) in [7, 11) is 1.53. The molecular weight excluding hydrogens is 393 g/mol. The van der Waals surface area contributed by atoms with Gasteiger partial charge in [-0.3, -0.25) is 9.42 Å². The molecule has 0 aromatic heterocycles. The lowest BCUT2D eigenvalue weighted by atomic mass is 10.1. The summed E-state index contributed by atoms with van der Waals surface area (Å²) in [6, 6.07) is 0. The molecule has 5 heteroatoms. The largest absolute Gasteiger partial charge is 0.528 e. The van der Waals surface area contributed by atoms with E-state index in [2.05, 4.69) is 19.1 Å². The van der Waals surface area contributed by atoms with Crippen LogP contribution in [0.4, 0.5) is 0 Å². The van der Waals surface area contributed by atoms with E-state index in [1.807, 2.05) is 0 Å².